The zero-order valence-corrected chi connectivity index (χ0v) is 15.3. The molecule has 4 rings (SSSR count). The second-order valence-corrected chi connectivity index (χ2v) is 7.17. The van der Waals surface area contributed by atoms with Crippen LogP contribution in [0, 0.1) is 5.92 Å². The molecule has 8 nitrogen and oxygen atoms in total. The summed E-state index contributed by atoms with van der Waals surface area (Å²) in [4.78, 5) is 35.7. The van der Waals surface area contributed by atoms with Crippen molar-refractivity contribution in [1.82, 2.24) is 20.3 Å². The smallest absolute Gasteiger partial charge is 0.287 e. The van der Waals surface area contributed by atoms with Crippen LogP contribution >= 0.6 is 11.3 Å². The number of aromatic amines is 1. The Morgan fingerprint density at radius 2 is 2.37 bits per heavy atom. The zero-order valence-electron chi connectivity index (χ0n) is 14.4. The van der Waals surface area contributed by atoms with Crippen LogP contribution in [0.1, 0.15) is 22.6 Å². The molecule has 1 amide bonds. The minimum atomic E-state index is -0.440. The fraction of sp³-hybridized carbons (Fsp3) is 0.333. The van der Waals surface area contributed by atoms with E-state index in [0.717, 1.165) is 25.2 Å². The lowest BCUT2D eigenvalue weighted by Crippen LogP contribution is -2.27. The Morgan fingerprint density at radius 3 is 3.22 bits per heavy atom. The van der Waals surface area contributed by atoms with Gasteiger partial charge in [-0.25, -0.2) is 9.97 Å². The monoisotopic (exact) mass is 386 g/mol. The molecule has 1 aliphatic rings. The van der Waals surface area contributed by atoms with E-state index in [1.54, 1.807) is 29.8 Å². The Bertz CT molecular complexity index is 1010. The van der Waals surface area contributed by atoms with Gasteiger partial charge in [0.25, 0.3) is 11.5 Å². The number of rotatable bonds is 6. The first kappa shape index (κ1) is 17.6. The maximum absolute atomic E-state index is 12.3. The van der Waals surface area contributed by atoms with Gasteiger partial charge in [0.15, 0.2) is 0 Å². The number of amides is 1. The summed E-state index contributed by atoms with van der Waals surface area (Å²) < 4.78 is 11.0. The van der Waals surface area contributed by atoms with Crippen LogP contribution in [-0.2, 0) is 11.3 Å². The third-order valence-electron chi connectivity index (χ3n) is 4.29. The van der Waals surface area contributed by atoms with Crippen molar-refractivity contribution >= 4 is 27.5 Å². The Balaban J connectivity index is 1.38. The molecule has 0 saturated carbocycles. The highest BCUT2D eigenvalue weighted by Gasteiger charge is 2.16. The van der Waals surface area contributed by atoms with Crippen molar-refractivity contribution in [2.24, 2.45) is 5.92 Å². The molecule has 0 aromatic carbocycles. The van der Waals surface area contributed by atoms with Gasteiger partial charge in [-0.15, -0.1) is 11.3 Å². The van der Waals surface area contributed by atoms with Crippen molar-refractivity contribution in [2.75, 3.05) is 19.8 Å². The molecule has 0 spiro atoms. The summed E-state index contributed by atoms with van der Waals surface area (Å²) in [6.07, 6.45) is 2.63. The van der Waals surface area contributed by atoms with Gasteiger partial charge in [-0.2, -0.15) is 0 Å². The van der Waals surface area contributed by atoms with Gasteiger partial charge in [-0.3, -0.25) is 9.59 Å². The highest BCUT2D eigenvalue weighted by Crippen LogP contribution is 2.16. The number of nitrogens with zero attached hydrogens (tertiary/aromatic N) is 2. The normalized spacial score (nSPS) is 16.5. The van der Waals surface area contributed by atoms with Crippen LogP contribution < -0.4 is 15.6 Å². The first-order chi connectivity index (χ1) is 13.2. The molecule has 0 radical (unpaired) electrons. The molecular formula is C18H18N4O4S. The molecule has 1 aliphatic heterocycles. The van der Waals surface area contributed by atoms with Crippen molar-refractivity contribution in [3.05, 3.63) is 51.5 Å². The van der Waals surface area contributed by atoms with E-state index in [1.165, 1.54) is 11.3 Å². The van der Waals surface area contributed by atoms with Gasteiger partial charge >= 0.3 is 0 Å². The van der Waals surface area contributed by atoms with E-state index in [2.05, 4.69) is 20.3 Å². The van der Waals surface area contributed by atoms with E-state index in [4.69, 9.17) is 9.47 Å². The van der Waals surface area contributed by atoms with Gasteiger partial charge in [0, 0.05) is 31.3 Å². The summed E-state index contributed by atoms with van der Waals surface area (Å²) in [5.74, 6) is 0.469. The quantitative estimate of drug-likeness (QED) is 0.668. The summed E-state index contributed by atoms with van der Waals surface area (Å²) in [6.45, 7) is 2.34. The summed E-state index contributed by atoms with van der Waals surface area (Å²) in [7, 11) is 0. The van der Waals surface area contributed by atoms with Crippen LogP contribution in [0.3, 0.4) is 0 Å². The van der Waals surface area contributed by atoms with Crippen LogP contribution in [0.2, 0.25) is 0 Å². The summed E-state index contributed by atoms with van der Waals surface area (Å²) >= 11 is 1.32. The van der Waals surface area contributed by atoms with Crippen LogP contribution in [0.25, 0.3) is 10.2 Å². The molecule has 1 unspecified atom stereocenters. The van der Waals surface area contributed by atoms with Crippen LogP contribution in [0.4, 0.5) is 0 Å². The molecule has 0 bridgehead atoms. The minimum absolute atomic E-state index is 0.00159. The number of carbonyl (C=O) groups excluding carboxylic acids is 1. The number of carbonyl (C=O) groups is 1. The largest absolute Gasteiger partial charge is 0.477 e. The summed E-state index contributed by atoms with van der Waals surface area (Å²) in [5.41, 5.74) is 0.525. The van der Waals surface area contributed by atoms with Crippen LogP contribution in [-0.4, -0.2) is 40.7 Å². The second kappa shape index (κ2) is 7.85. The van der Waals surface area contributed by atoms with Crippen LogP contribution in [0.15, 0.2) is 34.6 Å². The van der Waals surface area contributed by atoms with E-state index >= 15 is 0 Å². The Kier molecular flexibility index (Phi) is 5.12. The number of aromatic nitrogens is 3. The van der Waals surface area contributed by atoms with Gasteiger partial charge in [0.1, 0.15) is 4.83 Å². The first-order valence-corrected chi connectivity index (χ1v) is 9.48. The highest BCUT2D eigenvalue weighted by molar-refractivity contribution is 7.16. The maximum atomic E-state index is 12.3. The number of H-pyrrole nitrogens is 1. The molecule has 4 heterocycles. The lowest BCUT2D eigenvalue weighted by atomic mass is 10.1. The maximum Gasteiger partial charge on any atom is 0.287 e. The van der Waals surface area contributed by atoms with E-state index in [-0.39, 0.29) is 17.9 Å². The molecule has 1 fully saturated rings. The molecule has 140 valence electrons. The van der Waals surface area contributed by atoms with Crippen molar-refractivity contribution in [2.45, 2.75) is 13.0 Å². The lowest BCUT2D eigenvalue weighted by Gasteiger charge is -2.10. The minimum Gasteiger partial charge on any atom is -0.477 e. The molecule has 1 saturated heterocycles. The average molecular weight is 386 g/mol. The summed E-state index contributed by atoms with van der Waals surface area (Å²) in [6, 6.07) is 5.27. The third kappa shape index (κ3) is 4.15. The van der Waals surface area contributed by atoms with E-state index < -0.39 is 5.91 Å². The zero-order chi connectivity index (χ0) is 18.6. The van der Waals surface area contributed by atoms with Gasteiger partial charge in [-0.05, 0) is 29.5 Å². The predicted molar refractivity (Wildman–Crippen MR) is 100 cm³/mol. The molecule has 9 heteroatoms. The number of nitrogens with one attached hydrogen (secondary N) is 2. The summed E-state index contributed by atoms with van der Waals surface area (Å²) in [5, 5.41) is 5.01. The fourth-order valence-corrected chi connectivity index (χ4v) is 3.56. The second-order valence-electron chi connectivity index (χ2n) is 6.28. The van der Waals surface area contributed by atoms with Crippen molar-refractivity contribution in [3.63, 3.8) is 0 Å². The fourth-order valence-electron chi connectivity index (χ4n) is 2.80. The number of hydrogen-bond acceptors (Lipinski definition) is 7. The van der Waals surface area contributed by atoms with Crippen molar-refractivity contribution in [3.8, 4) is 5.88 Å². The molecule has 27 heavy (non-hydrogen) atoms. The van der Waals surface area contributed by atoms with Gasteiger partial charge in [-0.1, -0.05) is 0 Å². The molecule has 1 atom stereocenters. The molecule has 3 aromatic heterocycles. The van der Waals surface area contributed by atoms with E-state index in [1.807, 2.05) is 0 Å². The van der Waals surface area contributed by atoms with E-state index in [0.29, 0.717) is 28.6 Å². The lowest BCUT2D eigenvalue weighted by molar-refractivity contribution is 0.0940. The number of thiophene rings is 1. The van der Waals surface area contributed by atoms with E-state index in [9.17, 15) is 9.59 Å². The molecule has 3 aromatic rings. The van der Waals surface area contributed by atoms with Crippen LogP contribution in [0.5, 0.6) is 5.88 Å². The molecular weight excluding hydrogens is 368 g/mol. The topological polar surface area (TPSA) is 106 Å². The van der Waals surface area contributed by atoms with Gasteiger partial charge in [0.05, 0.1) is 18.6 Å². The first-order valence-electron chi connectivity index (χ1n) is 8.60. The SMILES string of the molecule is O=C(NCc1ccnc(OCC2CCOC2)c1)c1nc2sccc2c(=O)[nH]1. The number of fused-ring (bicyclic) bond motifs is 1. The Morgan fingerprint density at radius 1 is 1.44 bits per heavy atom. The van der Waals surface area contributed by atoms with Gasteiger partial charge in [0.2, 0.25) is 11.7 Å². The standard InChI is InChI=1S/C18H18N4O4S/c23-16-13-3-6-27-18(13)22-15(21-16)17(24)20-8-11-1-4-19-14(7-11)26-10-12-2-5-25-9-12/h1,3-4,6-7,12H,2,5,8-10H2,(H,20,24)(H,21,22,23). The van der Waals surface area contributed by atoms with Crippen molar-refractivity contribution < 1.29 is 14.3 Å². The number of ether oxygens (including phenoxy) is 2. The number of hydrogen-bond donors (Lipinski definition) is 2. The average Bonchev–Trinajstić information content (AvgIpc) is 3.36. The Labute approximate surface area is 158 Å². The third-order valence-corrected chi connectivity index (χ3v) is 5.10. The predicted octanol–water partition coefficient (Wildman–Crippen LogP) is 1.72. The molecule has 0 aliphatic carbocycles. The highest BCUT2D eigenvalue weighted by atomic mass is 32.1. The number of pyridine rings is 1. The molecule has 2 N–H and O–H groups in total. The van der Waals surface area contributed by atoms with Gasteiger partial charge < -0.3 is 19.8 Å². The van der Waals surface area contributed by atoms with Crippen molar-refractivity contribution in [1.29, 1.82) is 0 Å². The Hall–Kier alpha value is -2.78.